The van der Waals surface area contributed by atoms with Gasteiger partial charge in [-0.3, -0.25) is 0 Å². The van der Waals surface area contributed by atoms with E-state index >= 15 is 0 Å². The fourth-order valence-corrected chi connectivity index (χ4v) is 0.729. The maximum absolute atomic E-state index is 12.3. The number of hydrogen-bond donors (Lipinski definition) is 0. The lowest BCUT2D eigenvalue weighted by Crippen LogP contribution is -2.56. The second-order valence-corrected chi connectivity index (χ2v) is 2.81. The normalized spacial score (nSPS) is 13.9. The van der Waals surface area contributed by atoms with Crippen LogP contribution in [0, 0.1) is 0 Å². The summed E-state index contributed by atoms with van der Waals surface area (Å²) in [6, 6.07) is 0. The minimum absolute atomic E-state index is 0.764. The number of halogens is 8. The number of rotatable bonds is 3. The van der Waals surface area contributed by atoms with Gasteiger partial charge in [0, 0.05) is 0 Å². The van der Waals surface area contributed by atoms with Crippen LogP contribution in [0.5, 0.6) is 0 Å². The lowest BCUT2D eigenvalue weighted by atomic mass is 10.1. The number of carbonyl (C=O) groups excluding carboxylic acids is 1. The van der Waals surface area contributed by atoms with Crippen LogP contribution in [0.4, 0.5) is 30.7 Å². The maximum Gasteiger partial charge on any atom is 0.460 e. The van der Waals surface area contributed by atoms with Gasteiger partial charge in [-0.1, -0.05) is 0 Å². The van der Waals surface area contributed by atoms with Crippen molar-refractivity contribution in [3.8, 4) is 0 Å². The number of alkyl halides is 8. The molecule has 0 aromatic heterocycles. The van der Waals surface area contributed by atoms with Crippen molar-refractivity contribution in [2.24, 2.45) is 0 Å². The molecule has 0 spiro atoms. The molecule has 0 amide bonds. The van der Waals surface area contributed by atoms with E-state index in [0.29, 0.717) is 0 Å². The molecule has 0 aromatic rings. The second kappa shape index (κ2) is 4.29. The molecular formula is C5H2F7IO2. The van der Waals surface area contributed by atoms with Crippen molar-refractivity contribution >= 4 is 28.6 Å². The smallest absolute Gasteiger partial charge is 0.450 e. The Morgan fingerprint density at radius 2 is 1.47 bits per heavy atom. The number of hydrogen-bond acceptors (Lipinski definition) is 2. The molecule has 0 saturated heterocycles. The van der Waals surface area contributed by atoms with Crippen LogP contribution in [0.15, 0.2) is 0 Å². The summed E-state index contributed by atoms with van der Waals surface area (Å²) in [5, 5.41) is 0. The molecule has 0 N–H and O–H groups in total. The summed E-state index contributed by atoms with van der Waals surface area (Å²) >= 11 is 1.19. The van der Waals surface area contributed by atoms with Crippen LogP contribution >= 0.6 is 22.6 Å². The molecule has 0 atom stereocenters. The van der Waals surface area contributed by atoms with Gasteiger partial charge in [0.2, 0.25) is 0 Å². The molecule has 0 aliphatic rings. The van der Waals surface area contributed by atoms with Crippen LogP contribution in [-0.2, 0) is 9.53 Å². The van der Waals surface area contributed by atoms with Crippen LogP contribution in [-0.4, -0.2) is 28.6 Å². The third-order valence-electron chi connectivity index (χ3n) is 1.19. The van der Waals surface area contributed by atoms with Crippen LogP contribution in [0.3, 0.4) is 0 Å². The highest BCUT2D eigenvalue weighted by molar-refractivity contribution is 14.1. The molecule has 90 valence electrons. The van der Waals surface area contributed by atoms with Gasteiger partial charge in [-0.2, -0.15) is 30.7 Å². The van der Waals surface area contributed by atoms with Crippen LogP contribution in [0.25, 0.3) is 0 Å². The molecule has 0 heterocycles. The minimum Gasteiger partial charge on any atom is -0.450 e. The molecule has 0 fully saturated rings. The van der Waals surface area contributed by atoms with Crippen molar-refractivity contribution in [2.75, 3.05) is 4.61 Å². The number of esters is 1. The highest BCUT2D eigenvalue weighted by atomic mass is 127. The Labute approximate surface area is 91.9 Å². The zero-order chi connectivity index (χ0) is 12.5. The third-order valence-corrected chi connectivity index (χ3v) is 1.50. The molecule has 2 nitrogen and oxygen atoms in total. The van der Waals surface area contributed by atoms with E-state index in [1.165, 1.54) is 22.6 Å². The summed E-state index contributed by atoms with van der Waals surface area (Å²) in [6.45, 7) is 0. The van der Waals surface area contributed by atoms with Gasteiger partial charge in [-0.15, -0.1) is 0 Å². The average molecular weight is 354 g/mol. The van der Waals surface area contributed by atoms with Crippen LogP contribution < -0.4 is 0 Å². The van der Waals surface area contributed by atoms with E-state index in [2.05, 4.69) is 4.74 Å². The summed E-state index contributed by atoms with van der Waals surface area (Å²) in [7, 11) is 0. The summed E-state index contributed by atoms with van der Waals surface area (Å²) in [5.41, 5.74) is 0. The van der Waals surface area contributed by atoms with Crippen molar-refractivity contribution in [3.63, 3.8) is 0 Å². The molecule has 0 rings (SSSR count). The molecule has 15 heavy (non-hydrogen) atoms. The van der Waals surface area contributed by atoms with E-state index < -0.39 is 28.6 Å². The summed E-state index contributed by atoms with van der Waals surface area (Å²) in [6.07, 6.45) is -6.53. The molecule has 0 aromatic carbocycles. The van der Waals surface area contributed by atoms with E-state index in [0.717, 1.165) is 0 Å². The molecule has 0 unspecified atom stereocenters. The molecule has 0 aliphatic heterocycles. The predicted molar refractivity (Wildman–Crippen MR) is 40.9 cm³/mol. The highest BCUT2D eigenvalue weighted by Gasteiger charge is 2.77. The van der Waals surface area contributed by atoms with E-state index in [1.54, 1.807) is 0 Å². The molecule has 10 heteroatoms. The molecule has 0 aliphatic carbocycles. The van der Waals surface area contributed by atoms with Gasteiger partial charge in [-0.25, -0.2) is 4.79 Å². The van der Waals surface area contributed by atoms with Crippen molar-refractivity contribution in [3.05, 3.63) is 0 Å². The maximum atomic E-state index is 12.3. The van der Waals surface area contributed by atoms with E-state index in [1.807, 2.05) is 0 Å². The first-order valence-corrected chi connectivity index (χ1v) is 4.56. The van der Waals surface area contributed by atoms with Gasteiger partial charge in [0.1, 0.15) is 4.61 Å². The Morgan fingerprint density at radius 3 is 1.73 bits per heavy atom. The first-order valence-electron chi connectivity index (χ1n) is 3.04. The monoisotopic (exact) mass is 354 g/mol. The van der Waals surface area contributed by atoms with E-state index in [-0.39, 0.29) is 0 Å². The van der Waals surface area contributed by atoms with Gasteiger partial charge in [0.15, 0.2) is 0 Å². The molecule has 0 saturated carbocycles. The average Bonchev–Trinajstić information content (AvgIpc) is 2.02. The van der Waals surface area contributed by atoms with Crippen LogP contribution in [0.2, 0.25) is 0 Å². The zero-order valence-corrected chi connectivity index (χ0v) is 8.70. The third kappa shape index (κ3) is 2.64. The van der Waals surface area contributed by atoms with Crippen molar-refractivity contribution < 1.29 is 40.3 Å². The standard InChI is InChI=1S/C5H2F7IO2/c6-3(7,2(14)15-1-13)4(8,9)5(10,11)12/h1H2. The van der Waals surface area contributed by atoms with Gasteiger partial charge >= 0.3 is 24.0 Å². The molecule has 0 radical (unpaired) electrons. The van der Waals surface area contributed by atoms with Gasteiger partial charge in [0.25, 0.3) is 0 Å². The quantitative estimate of drug-likeness (QED) is 0.337. The fraction of sp³-hybridized carbons (Fsp3) is 0.800. The first kappa shape index (κ1) is 14.7. The molecular weight excluding hydrogens is 352 g/mol. The van der Waals surface area contributed by atoms with Crippen molar-refractivity contribution in [1.29, 1.82) is 0 Å². The summed E-state index contributed by atoms with van der Waals surface area (Å²) in [4.78, 5) is 10.2. The Morgan fingerprint density at radius 1 is 1.07 bits per heavy atom. The summed E-state index contributed by atoms with van der Waals surface area (Å²) < 4.78 is 86.0. The van der Waals surface area contributed by atoms with Crippen molar-refractivity contribution in [1.82, 2.24) is 0 Å². The Bertz CT molecular complexity index is 248. The number of carbonyl (C=O) groups is 1. The minimum atomic E-state index is -6.53. The zero-order valence-electron chi connectivity index (χ0n) is 6.55. The topological polar surface area (TPSA) is 26.3 Å². The van der Waals surface area contributed by atoms with Gasteiger partial charge in [0.05, 0.1) is 0 Å². The lowest BCUT2D eigenvalue weighted by molar-refractivity contribution is -0.348. The SMILES string of the molecule is O=C(OCI)C(F)(F)C(F)(F)C(F)(F)F. The molecule has 0 bridgehead atoms. The second-order valence-electron chi connectivity index (χ2n) is 2.19. The lowest BCUT2D eigenvalue weighted by Gasteiger charge is -2.25. The Hall–Kier alpha value is -0.290. The van der Waals surface area contributed by atoms with E-state index in [4.69, 9.17) is 0 Å². The van der Waals surface area contributed by atoms with E-state index in [9.17, 15) is 35.5 Å². The fourth-order valence-electron chi connectivity index (χ4n) is 0.446. The van der Waals surface area contributed by atoms with Crippen LogP contribution in [0.1, 0.15) is 0 Å². The van der Waals surface area contributed by atoms with Gasteiger partial charge in [-0.05, 0) is 22.6 Å². The van der Waals surface area contributed by atoms with Gasteiger partial charge < -0.3 is 4.74 Å². The largest absolute Gasteiger partial charge is 0.460 e. The Kier molecular flexibility index (Phi) is 4.21. The highest BCUT2D eigenvalue weighted by Crippen LogP contribution is 2.46. The Balaban J connectivity index is 5.10. The predicted octanol–water partition coefficient (Wildman–Crippen LogP) is 2.75. The first-order chi connectivity index (χ1) is 6.48. The van der Waals surface area contributed by atoms with Crippen molar-refractivity contribution in [2.45, 2.75) is 18.0 Å². The number of ether oxygens (including phenoxy) is 1. The summed E-state index contributed by atoms with van der Waals surface area (Å²) in [5.74, 6) is -15.3.